The molecule has 17 heteroatoms. The molecule has 4 heterocycles. The Bertz CT molecular complexity index is 2210. The molecular weight excluding hydrogens is 759 g/mol. The number of nitrogens with zero attached hydrogens (tertiary/aromatic N) is 4. The first-order chi connectivity index (χ1) is 27.7. The smallest absolute Gasteiger partial charge is 0.245 e. The summed E-state index contributed by atoms with van der Waals surface area (Å²) in [5, 5.41) is 9.00. The Balaban J connectivity index is 1.27. The Morgan fingerprint density at radius 1 is 0.914 bits per heavy atom. The summed E-state index contributed by atoms with van der Waals surface area (Å²) in [5.74, 6) is -2.55. The fraction of sp³-hybridized carbons (Fsp3) is 0.537. The molecule has 1 aliphatic carbocycles. The van der Waals surface area contributed by atoms with E-state index in [1.165, 1.54) is 41.0 Å². The predicted molar refractivity (Wildman–Crippen MR) is 210 cm³/mol. The second kappa shape index (κ2) is 16.7. The van der Waals surface area contributed by atoms with E-state index in [0.717, 1.165) is 12.8 Å². The summed E-state index contributed by atoms with van der Waals surface area (Å²) in [7, 11) is 1.63. The van der Waals surface area contributed by atoms with Gasteiger partial charge in [-0.2, -0.15) is 0 Å². The molecule has 6 N–H and O–H groups in total. The third kappa shape index (κ3) is 8.28. The Morgan fingerprint density at radius 3 is 2.22 bits per heavy atom. The number of aromatic nitrogens is 3. The highest BCUT2D eigenvalue weighted by atomic mass is 19.1. The molecule has 312 valence electrons. The lowest BCUT2D eigenvalue weighted by molar-refractivity contribution is -0.138. The Kier molecular flexibility index (Phi) is 11.8. The number of likely N-dealkylation sites (tertiary alicyclic amines) is 2. The van der Waals surface area contributed by atoms with Crippen molar-refractivity contribution in [1.29, 1.82) is 0 Å². The number of carbonyl (C=O) groups is 4. The normalized spacial score (nSPS) is 23.0. The molecule has 4 aromatic rings. The number of nitrogens with two attached hydrogens (primary N) is 1. The Labute approximate surface area is 333 Å². The number of H-pyrrole nitrogens is 1. The maximum Gasteiger partial charge on any atom is 0.245 e. The lowest BCUT2D eigenvalue weighted by atomic mass is 9.99. The summed E-state index contributed by atoms with van der Waals surface area (Å²) in [4.78, 5) is 64.5. The number of likely N-dealkylation sites (N-methyl/N-ethyl adjacent to an activating group) is 1. The van der Waals surface area contributed by atoms with Gasteiger partial charge in [0.15, 0.2) is 5.82 Å². The first-order valence-corrected chi connectivity index (χ1v) is 20.1. The zero-order chi connectivity index (χ0) is 41.6. The lowest BCUT2D eigenvalue weighted by Gasteiger charge is -2.30. The van der Waals surface area contributed by atoms with E-state index in [1.807, 2.05) is 0 Å². The summed E-state index contributed by atoms with van der Waals surface area (Å²) in [6.07, 6.45) is -0.826. The van der Waals surface area contributed by atoms with Crippen LogP contribution >= 0.6 is 0 Å². The van der Waals surface area contributed by atoms with Crippen LogP contribution in [0.15, 0.2) is 36.4 Å². The fourth-order valence-electron chi connectivity index (χ4n) is 8.42. The molecule has 2 aromatic carbocycles. The largest absolute Gasteiger partial charge is 0.352 e. The quantitative estimate of drug-likeness (QED) is 0.121. The van der Waals surface area contributed by atoms with Crippen LogP contribution in [0.3, 0.4) is 0 Å². The van der Waals surface area contributed by atoms with Gasteiger partial charge in [0.1, 0.15) is 36.1 Å². The van der Waals surface area contributed by atoms with Gasteiger partial charge < -0.3 is 41.0 Å². The van der Waals surface area contributed by atoms with Gasteiger partial charge in [-0.15, -0.1) is 0 Å². The summed E-state index contributed by atoms with van der Waals surface area (Å²) in [6.45, 7) is 4.62. The number of imidazole rings is 1. The minimum atomic E-state index is -1.35. The van der Waals surface area contributed by atoms with Crippen LogP contribution in [0.2, 0.25) is 0 Å². The van der Waals surface area contributed by atoms with Crippen molar-refractivity contribution in [1.82, 2.24) is 40.3 Å². The van der Waals surface area contributed by atoms with Crippen molar-refractivity contribution in [2.45, 2.75) is 114 Å². The van der Waals surface area contributed by atoms with Crippen LogP contribution in [-0.4, -0.2) is 117 Å². The molecular formula is C41H51F4N9O4. The number of rotatable bonds is 14. The molecule has 13 nitrogen and oxygen atoms in total. The lowest BCUT2D eigenvalue weighted by Crippen LogP contribution is -2.54. The first-order valence-electron chi connectivity index (χ1n) is 20.1. The number of nitrogens with one attached hydrogen (secondary N) is 4. The van der Waals surface area contributed by atoms with E-state index in [4.69, 9.17) is 10.7 Å². The molecule has 2 aromatic heterocycles. The van der Waals surface area contributed by atoms with Gasteiger partial charge in [-0.1, -0.05) is 6.92 Å². The Hall–Kier alpha value is -5.03. The number of halogens is 4. The van der Waals surface area contributed by atoms with Gasteiger partial charge in [0.25, 0.3) is 0 Å². The van der Waals surface area contributed by atoms with Crippen LogP contribution < -0.4 is 21.7 Å². The number of carbonyl (C=O) groups excluding carboxylic acids is 4. The minimum absolute atomic E-state index is 0.00525. The third-order valence-electron chi connectivity index (χ3n) is 11.8. The van der Waals surface area contributed by atoms with E-state index < -0.39 is 78.0 Å². The number of fused-ring (bicyclic) bond motifs is 2. The molecule has 0 spiro atoms. The van der Waals surface area contributed by atoms with E-state index in [2.05, 4.69) is 20.9 Å². The number of benzene rings is 2. The van der Waals surface area contributed by atoms with Crippen molar-refractivity contribution < 1.29 is 36.7 Å². The molecule has 3 fully saturated rings. The maximum absolute atomic E-state index is 15.4. The van der Waals surface area contributed by atoms with Crippen molar-refractivity contribution in [2.24, 2.45) is 11.7 Å². The monoisotopic (exact) mass is 809 g/mol. The van der Waals surface area contributed by atoms with E-state index >= 15 is 8.78 Å². The number of hydrogen-bond donors (Lipinski definition) is 5. The van der Waals surface area contributed by atoms with Crippen LogP contribution in [0, 0.1) is 17.6 Å². The van der Waals surface area contributed by atoms with Gasteiger partial charge in [-0.25, -0.2) is 22.5 Å². The summed E-state index contributed by atoms with van der Waals surface area (Å²) in [5.41, 5.74) is 7.97. The van der Waals surface area contributed by atoms with Crippen LogP contribution in [0.25, 0.3) is 33.5 Å². The predicted octanol–water partition coefficient (Wildman–Crippen LogP) is 3.63. The average Bonchev–Trinajstić information content (AvgIpc) is 3.55. The molecule has 8 unspecified atom stereocenters. The molecule has 1 saturated carbocycles. The molecule has 7 rings (SSSR count). The number of hydrogen-bond acceptors (Lipinski definition) is 7. The molecule has 58 heavy (non-hydrogen) atoms. The van der Waals surface area contributed by atoms with Crippen LogP contribution in [-0.2, 0) is 32.1 Å². The summed E-state index contributed by atoms with van der Waals surface area (Å²) < 4.78 is 62.0. The van der Waals surface area contributed by atoms with Crippen molar-refractivity contribution in [2.75, 3.05) is 20.1 Å². The topological polar surface area (TPSA) is 170 Å². The van der Waals surface area contributed by atoms with Crippen LogP contribution in [0.1, 0.15) is 58.4 Å². The second-order valence-corrected chi connectivity index (χ2v) is 16.1. The zero-order valence-corrected chi connectivity index (χ0v) is 33.0. The maximum atomic E-state index is 15.4. The SMILES string of the molecule is CCC(NC(=O)C(C)NC)C(=O)N1CC(F)CC1Cc1c(-c2nc3cc(F)ccc3n2CC2CC(F)CN2C(=O)C(NC(=O)C(C)N)C2CC2)[nH]c2cc(F)ccc12. The van der Waals surface area contributed by atoms with Gasteiger partial charge in [0.2, 0.25) is 23.6 Å². The van der Waals surface area contributed by atoms with E-state index in [-0.39, 0.29) is 62.7 Å². The number of amides is 4. The van der Waals surface area contributed by atoms with Crippen LogP contribution in [0.5, 0.6) is 0 Å². The molecule has 3 aliphatic rings. The molecule has 4 amide bonds. The van der Waals surface area contributed by atoms with E-state index in [1.54, 1.807) is 37.6 Å². The molecule has 2 saturated heterocycles. The highest BCUT2D eigenvalue weighted by Crippen LogP contribution is 2.38. The van der Waals surface area contributed by atoms with Crippen molar-refractivity contribution in [3.05, 3.63) is 53.6 Å². The first kappa shape index (κ1) is 41.1. The standard InChI is InChI=1S/C41H51F4N9O4/c1-5-31(50-39(56)21(3)47-4)40(57)52-17-25(44)12-27(52)16-30-29-10-8-23(42)14-32(29)48-36(30)37-49-33-15-24(43)9-11-34(33)54(37)19-28-13-26(45)18-53(28)41(58)35(22-6-7-22)51-38(55)20(2)46/h8-11,14-15,20-22,25-28,31,35,47-48H,5-7,12-13,16-19,46H2,1-4H3,(H,50,56)(H,51,55). The average molecular weight is 810 g/mol. The van der Waals surface area contributed by atoms with E-state index in [0.29, 0.717) is 33.5 Å². The van der Waals surface area contributed by atoms with Crippen LogP contribution in [0.4, 0.5) is 17.6 Å². The third-order valence-corrected chi connectivity index (χ3v) is 11.8. The fourth-order valence-corrected chi connectivity index (χ4v) is 8.42. The Morgan fingerprint density at radius 2 is 1.57 bits per heavy atom. The molecule has 0 bridgehead atoms. The number of aromatic amines is 1. The van der Waals surface area contributed by atoms with Gasteiger partial charge in [0, 0.05) is 42.4 Å². The molecule has 8 atom stereocenters. The zero-order valence-electron chi connectivity index (χ0n) is 33.0. The minimum Gasteiger partial charge on any atom is -0.352 e. The second-order valence-electron chi connectivity index (χ2n) is 16.1. The summed E-state index contributed by atoms with van der Waals surface area (Å²) >= 11 is 0. The van der Waals surface area contributed by atoms with Crippen molar-refractivity contribution in [3.63, 3.8) is 0 Å². The van der Waals surface area contributed by atoms with Gasteiger partial charge in [0.05, 0.1) is 47.9 Å². The van der Waals surface area contributed by atoms with Gasteiger partial charge in [-0.3, -0.25) is 19.2 Å². The highest BCUT2D eigenvalue weighted by Gasteiger charge is 2.45. The summed E-state index contributed by atoms with van der Waals surface area (Å²) in [6, 6.07) is 3.78. The highest BCUT2D eigenvalue weighted by molar-refractivity contribution is 5.93. The van der Waals surface area contributed by atoms with Gasteiger partial charge >= 0.3 is 0 Å². The molecule has 0 radical (unpaired) electrons. The van der Waals surface area contributed by atoms with E-state index in [9.17, 15) is 28.0 Å². The van der Waals surface area contributed by atoms with Gasteiger partial charge in [-0.05, 0) is 88.4 Å². The number of alkyl halides is 2. The molecule has 2 aliphatic heterocycles. The van der Waals surface area contributed by atoms with Crippen molar-refractivity contribution in [3.8, 4) is 11.5 Å². The van der Waals surface area contributed by atoms with Crippen molar-refractivity contribution >= 4 is 45.6 Å².